The molecule has 0 saturated carbocycles. The van der Waals surface area contributed by atoms with Gasteiger partial charge >= 0.3 is 10.3 Å². The molecule has 0 atom stereocenters. The third-order valence-electron chi connectivity index (χ3n) is 0.266. The average molecular weight is 176 g/mol. The average Bonchev–Trinajstić information content (AvgIpc) is 1.59. The summed E-state index contributed by atoms with van der Waals surface area (Å²) in [4.78, 5) is 2.35. The molecule has 0 aliphatic carbocycles. The molecule has 3 N–H and O–H groups in total. The van der Waals surface area contributed by atoms with Crippen LogP contribution >= 0.6 is 0 Å². The fourth-order valence-corrected chi connectivity index (χ4v) is 0.855. The van der Waals surface area contributed by atoms with E-state index in [0.717, 1.165) is 4.83 Å². The van der Waals surface area contributed by atoms with E-state index in [9.17, 15) is 16.8 Å². The van der Waals surface area contributed by atoms with Gasteiger partial charge in [0.05, 0.1) is 0 Å². The molecular formula is H4N2O5S2. The van der Waals surface area contributed by atoms with E-state index in [0.29, 0.717) is 0 Å². The van der Waals surface area contributed by atoms with Crippen molar-refractivity contribution in [3.05, 3.63) is 0 Å². The first-order valence-electron chi connectivity index (χ1n) is 1.56. The molecule has 0 radical (unpaired) electrons. The summed E-state index contributed by atoms with van der Waals surface area (Å²) in [5.41, 5.74) is 0. The van der Waals surface area contributed by atoms with E-state index in [4.69, 9.17) is 4.55 Å². The van der Waals surface area contributed by atoms with Gasteiger partial charge in [-0.1, -0.05) is 0 Å². The van der Waals surface area contributed by atoms with Crippen molar-refractivity contribution < 1.29 is 21.4 Å². The van der Waals surface area contributed by atoms with Gasteiger partial charge < -0.3 is 0 Å². The van der Waals surface area contributed by atoms with Crippen molar-refractivity contribution in [2.45, 2.75) is 0 Å². The predicted octanol–water partition coefficient (Wildman–Crippen LogP) is -2.59. The number of thiol groups is 1. The van der Waals surface area contributed by atoms with Gasteiger partial charge in [-0.15, -0.1) is 9.66 Å². The van der Waals surface area contributed by atoms with Crippen LogP contribution in [-0.4, -0.2) is 21.4 Å². The molecule has 0 aromatic rings. The van der Waals surface area contributed by atoms with Gasteiger partial charge in [0.2, 0.25) is 10.9 Å². The topological polar surface area (TPSA) is 113 Å². The highest BCUT2D eigenvalue weighted by Gasteiger charge is 1.99. The smallest absolute Gasteiger partial charge is 0.273 e. The molecule has 0 rings (SSSR count). The number of hydrazine groups is 1. The minimum Gasteiger partial charge on any atom is -0.273 e. The highest BCUT2D eigenvalue weighted by Crippen LogP contribution is 1.64. The van der Waals surface area contributed by atoms with Gasteiger partial charge in [0, 0.05) is 0 Å². The van der Waals surface area contributed by atoms with Crippen molar-refractivity contribution in [1.29, 1.82) is 0 Å². The second-order valence-corrected chi connectivity index (χ2v) is 2.84. The minimum absolute atomic E-state index is 1.10. The third-order valence-corrected chi connectivity index (χ3v) is 1.07. The van der Waals surface area contributed by atoms with Crippen LogP contribution in [0.15, 0.2) is 0 Å². The van der Waals surface area contributed by atoms with Crippen molar-refractivity contribution in [3.8, 4) is 0 Å². The van der Waals surface area contributed by atoms with Crippen molar-refractivity contribution in [1.82, 2.24) is 9.66 Å². The molecule has 0 aliphatic rings. The van der Waals surface area contributed by atoms with Crippen LogP contribution in [0.4, 0.5) is 0 Å². The molecule has 0 aliphatic heterocycles. The Morgan fingerprint density at radius 2 is 1.78 bits per heavy atom. The quantitative estimate of drug-likeness (QED) is 0.214. The van der Waals surface area contributed by atoms with Gasteiger partial charge in [0.1, 0.15) is 0 Å². The second-order valence-electron chi connectivity index (χ2n) is 0.946. The third kappa shape index (κ3) is 7.78. The molecule has 0 aromatic carbocycles. The predicted molar refractivity (Wildman–Crippen MR) is 28.1 cm³/mol. The molecule has 0 aromatic heterocycles. The number of rotatable bonds is 3. The van der Waals surface area contributed by atoms with E-state index in [-0.39, 0.29) is 0 Å². The molecule has 0 spiro atoms. The Morgan fingerprint density at radius 1 is 1.33 bits per heavy atom. The standard InChI is InChI=1S/H4N2O5S2/c3-8(4)1-2-9(5,6)7/h2,8H,(H,1,3,4)(H,5,6,7). The first kappa shape index (κ1) is 8.78. The summed E-state index contributed by atoms with van der Waals surface area (Å²) >= 11 is 0. The Balaban J connectivity index is 3.81. The Kier molecular flexibility index (Phi) is 3.00. The highest BCUT2D eigenvalue weighted by molar-refractivity contribution is 7.84. The number of hydrogen-bond acceptors (Lipinski definition) is 4. The zero-order chi connectivity index (χ0) is 7.49. The summed E-state index contributed by atoms with van der Waals surface area (Å²) in [6.45, 7) is 0. The van der Waals surface area contributed by atoms with Crippen LogP contribution in [-0.2, 0) is 21.2 Å². The largest absolute Gasteiger partial charge is 0.347 e. The van der Waals surface area contributed by atoms with Crippen LogP contribution in [0.5, 0.6) is 0 Å². The van der Waals surface area contributed by atoms with Gasteiger partial charge in [-0.05, 0) is 0 Å². The van der Waals surface area contributed by atoms with Crippen molar-refractivity contribution in [2.24, 2.45) is 0 Å². The Morgan fingerprint density at radius 3 is 1.89 bits per heavy atom. The Hall–Kier alpha value is -0.220. The van der Waals surface area contributed by atoms with Crippen LogP contribution in [0.2, 0.25) is 0 Å². The summed E-state index contributed by atoms with van der Waals surface area (Å²) in [5.74, 6) is 0. The molecule has 0 fully saturated rings. The monoisotopic (exact) mass is 176 g/mol. The fourth-order valence-electron chi connectivity index (χ4n) is 0.0949. The lowest BCUT2D eigenvalue weighted by atomic mass is 13.0. The second kappa shape index (κ2) is 3.08. The summed E-state index contributed by atoms with van der Waals surface area (Å²) in [5, 5.41) is 0. The molecule has 56 valence electrons. The first-order valence-corrected chi connectivity index (χ1v) is 4.18. The van der Waals surface area contributed by atoms with E-state index in [2.05, 4.69) is 0 Å². The summed E-state index contributed by atoms with van der Waals surface area (Å²) < 4.78 is 46.2. The molecule has 0 heterocycles. The maximum Gasteiger partial charge on any atom is 0.347 e. The van der Waals surface area contributed by atoms with Crippen LogP contribution < -0.4 is 9.66 Å². The van der Waals surface area contributed by atoms with Crippen LogP contribution in [0.25, 0.3) is 0 Å². The van der Waals surface area contributed by atoms with Gasteiger partial charge in [0.15, 0.2) is 0 Å². The Labute approximate surface area is 53.0 Å². The minimum atomic E-state index is -4.46. The zero-order valence-corrected chi connectivity index (χ0v) is 5.65. The maximum absolute atomic E-state index is 9.65. The van der Waals surface area contributed by atoms with Crippen LogP contribution in [0.3, 0.4) is 0 Å². The van der Waals surface area contributed by atoms with Crippen molar-refractivity contribution >= 4 is 21.2 Å². The number of hydrogen-bond donors (Lipinski definition) is 4. The van der Waals surface area contributed by atoms with E-state index < -0.39 is 21.2 Å². The highest BCUT2D eigenvalue weighted by atomic mass is 32.2. The molecule has 0 unspecified atom stereocenters. The van der Waals surface area contributed by atoms with Gasteiger partial charge in [-0.3, -0.25) is 4.55 Å². The van der Waals surface area contributed by atoms with E-state index in [1.165, 1.54) is 4.83 Å². The van der Waals surface area contributed by atoms with Gasteiger partial charge in [-0.2, -0.15) is 8.42 Å². The molecular weight excluding hydrogens is 172 g/mol. The van der Waals surface area contributed by atoms with Crippen molar-refractivity contribution in [2.75, 3.05) is 0 Å². The molecule has 9 heavy (non-hydrogen) atoms. The summed E-state index contributed by atoms with van der Waals surface area (Å²) in [6, 6.07) is 0. The van der Waals surface area contributed by atoms with Crippen LogP contribution in [0, 0.1) is 0 Å². The van der Waals surface area contributed by atoms with Gasteiger partial charge in [0.25, 0.3) is 0 Å². The lowest BCUT2D eigenvalue weighted by molar-refractivity contribution is 0.463. The lowest BCUT2D eigenvalue weighted by Crippen LogP contribution is -2.35. The molecule has 0 saturated heterocycles. The molecule has 0 amide bonds. The molecule has 0 bridgehead atoms. The van der Waals surface area contributed by atoms with Crippen LogP contribution in [0.1, 0.15) is 0 Å². The first-order chi connectivity index (χ1) is 3.92. The zero-order valence-electron chi connectivity index (χ0n) is 3.94. The van der Waals surface area contributed by atoms with E-state index >= 15 is 0 Å². The van der Waals surface area contributed by atoms with E-state index in [1.807, 2.05) is 0 Å². The summed E-state index contributed by atoms with van der Waals surface area (Å²) in [7, 11) is -7.53. The van der Waals surface area contributed by atoms with E-state index in [1.54, 1.807) is 0 Å². The van der Waals surface area contributed by atoms with Crippen molar-refractivity contribution in [3.63, 3.8) is 0 Å². The molecule has 7 nitrogen and oxygen atoms in total. The molecule has 9 heteroatoms. The normalized spacial score (nSPS) is 12.2. The maximum atomic E-state index is 9.65. The SMILES string of the molecule is O=[SH](=O)NNS(=O)(=O)O. The number of nitrogens with one attached hydrogen (secondary N) is 2. The fraction of sp³-hybridized carbons (Fsp3) is 0. The van der Waals surface area contributed by atoms with Gasteiger partial charge in [-0.25, -0.2) is 8.42 Å². The lowest BCUT2D eigenvalue weighted by Gasteiger charge is -1.92. The Bertz CT molecular complexity index is 226. The summed E-state index contributed by atoms with van der Waals surface area (Å²) in [6.07, 6.45) is 0.